The van der Waals surface area contributed by atoms with Gasteiger partial charge >= 0.3 is 0 Å². The van der Waals surface area contributed by atoms with Gasteiger partial charge < -0.3 is 10.6 Å². The van der Waals surface area contributed by atoms with Crippen LogP contribution in [0.4, 0.5) is 16.0 Å². The van der Waals surface area contributed by atoms with Crippen molar-refractivity contribution in [2.75, 3.05) is 17.2 Å². The van der Waals surface area contributed by atoms with E-state index < -0.39 is 0 Å². The summed E-state index contributed by atoms with van der Waals surface area (Å²) in [6, 6.07) is 15.6. The first kappa shape index (κ1) is 18.5. The maximum absolute atomic E-state index is 12.9. The van der Waals surface area contributed by atoms with E-state index in [9.17, 15) is 9.18 Å². The van der Waals surface area contributed by atoms with Crippen LogP contribution in [0.5, 0.6) is 0 Å². The zero-order chi connectivity index (χ0) is 19.1. The van der Waals surface area contributed by atoms with Gasteiger partial charge in [0.05, 0.1) is 0 Å². The molecular weight excluding hydrogens is 343 g/mol. The molecule has 3 rings (SSSR count). The van der Waals surface area contributed by atoms with Crippen LogP contribution in [0.1, 0.15) is 28.5 Å². The first-order valence-corrected chi connectivity index (χ1v) is 8.85. The van der Waals surface area contributed by atoms with Crippen molar-refractivity contribution in [1.29, 1.82) is 0 Å². The van der Waals surface area contributed by atoms with E-state index in [0.29, 0.717) is 18.9 Å². The molecule has 0 unspecified atom stereocenters. The number of hydrogen-bond donors (Lipinski definition) is 2. The molecule has 6 heteroatoms. The number of aromatic nitrogens is 2. The second-order valence-electron chi connectivity index (χ2n) is 6.07. The molecule has 0 aliphatic carbocycles. The summed E-state index contributed by atoms with van der Waals surface area (Å²) in [7, 11) is 0. The minimum absolute atomic E-state index is 0.252. The summed E-state index contributed by atoms with van der Waals surface area (Å²) in [4.78, 5) is 20.8. The molecule has 0 aliphatic heterocycles. The van der Waals surface area contributed by atoms with E-state index in [-0.39, 0.29) is 17.4 Å². The Morgan fingerprint density at radius 3 is 2.41 bits per heavy atom. The molecule has 0 atom stereocenters. The molecule has 2 N–H and O–H groups in total. The third-order valence-corrected chi connectivity index (χ3v) is 4.12. The number of anilines is 2. The number of carbonyl (C=O) groups excluding carboxylic acids is 1. The molecule has 1 amide bonds. The number of nitrogens with one attached hydrogen (secondary N) is 2. The summed E-state index contributed by atoms with van der Waals surface area (Å²) in [6.07, 6.45) is 3.19. The monoisotopic (exact) mass is 364 g/mol. The molecule has 0 aliphatic rings. The lowest BCUT2D eigenvalue weighted by molar-refractivity contribution is 0.102. The quantitative estimate of drug-likeness (QED) is 0.663. The number of amides is 1. The minimum atomic E-state index is -0.289. The number of nitrogens with zero attached hydrogens (tertiary/aromatic N) is 2. The van der Waals surface area contributed by atoms with E-state index in [1.807, 2.05) is 24.3 Å². The highest BCUT2D eigenvalue weighted by atomic mass is 19.1. The van der Waals surface area contributed by atoms with Crippen LogP contribution in [-0.4, -0.2) is 22.4 Å². The fourth-order valence-electron chi connectivity index (χ4n) is 2.56. The first-order chi connectivity index (χ1) is 13.1. The topological polar surface area (TPSA) is 66.9 Å². The number of benzene rings is 2. The van der Waals surface area contributed by atoms with Crippen molar-refractivity contribution in [3.05, 3.63) is 83.4 Å². The number of rotatable bonds is 7. The summed E-state index contributed by atoms with van der Waals surface area (Å²) in [5, 5.41) is 5.92. The zero-order valence-electron chi connectivity index (χ0n) is 15.1. The first-order valence-electron chi connectivity index (χ1n) is 8.85. The molecule has 3 aromatic rings. The molecule has 0 radical (unpaired) electrons. The Morgan fingerprint density at radius 2 is 1.70 bits per heavy atom. The largest absolute Gasteiger partial charge is 0.354 e. The Morgan fingerprint density at radius 1 is 1.00 bits per heavy atom. The molecule has 138 valence electrons. The number of halogens is 1. The van der Waals surface area contributed by atoms with E-state index in [4.69, 9.17) is 0 Å². The van der Waals surface area contributed by atoms with Crippen LogP contribution in [0.15, 0.2) is 60.8 Å². The van der Waals surface area contributed by atoms with Crippen molar-refractivity contribution in [3.63, 3.8) is 0 Å². The highest BCUT2D eigenvalue weighted by Crippen LogP contribution is 2.12. The van der Waals surface area contributed by atoms with Gasteiger partial charge in [0, 0.05) is 18.4 Å². The van der Waals surface area contributed by atoms with Crippen LogP contribution < -0.4 is 10.6 Å². The summed E-state index contributed by atoms with van der Waals surface area (Å²) in [6.45, 7) is 2.66. The van der Waals surface area contributed by atoms with Crippen LogP contribution in [0.2, 0.25) is 0 Å². The van der Waals surface area contributed by atoms with Crippen molar-refractivity contribution in [2.45, 2.75) is 19.8 Å². The third kappa shape index (κ3) is 5.34. The maximum Gasteiger partial charge on any atom is 0.274 e. The SMILES string of the molecule is CCc1ccc(NC(=O)c2ccnc(NCCc3ccc(F)cc3)n2)cc1. The Balaban J connectivity index is 1.57. The van der Waals surface area contributed by atoms with Crippen molar-refractivity contribution in [2.24, 2.45) is 0 Å². The van der Waals surface area contributed by atoms with E-state index >= 15 is 0 Å². The Hall–Kier alpha value is -3.28. The van der Waals surface area contributed by atoms with Crippen molar-refractivity contribution in [1.82, 2.24) is 9.97 Å². The second kappa shape index (κ2) is 8.89. The van der Waals surface area contributed by atoms with Crippen LogP contribution in [0.3, 0.4) is 0 Å². The van der Waals surface area contributed by atoms with Gasteiger partial charge in [0.2, 0.25) is 5.95 Å². The van der Waals surface area contributed by atoms with E-state index in [2.05, 4.69) is 27.5 Å². The standard InChI is InChI=1S/C21H21FN4O/c1-2-15-5-9-18(10-6-15)25-20(27)19-12-14-24-21(26-19)23-13-11-16-3-7-17(22)8-4-16/h3-10,12,14H,2,11,13H2,1H3,(H,25,27)(H,23,24,26). The molecule has 0 saturated heterocycles. The molecule has 0 spiro atoms. The fourth-order valence-corrected chi connectivity index (χ4v) is 2.56. The molecule has 0 fully saturated rings. The van der Waals surface area contributed by atoms with Gasteiger partial charge in [0.15, 0.2) is 0 Å². The summed E-state index contributed by atoms with van der Waals surface area (Å²) < 4.78 is 12.9. The lowest BCUT2D eigenvalue weighted by Crippen LogP contribution is -2.16. The summed E-state index contributed by atoms with van der Waals surface area (Å²) in [5.41, 5.74) is 3.23. The van der Waals surface area contributed by atoms with Gasteiger partial charge in [-0.15, -0.1) is 0 Å². The van der Waals surface area contributed by atoms with E-state index in [1.54, 1.807) is 24.4 Å². The van der Waals surface area contributed by atoms with Crippen LogP contribution in [0, 0.1) is 5.82 Å². The van der Waals surface area contributed by atoms with Gasteiger partial charge in [-0.3, -0.25) is 4.79 Å². The van der Waals surface area contributed by atoms with E-state index in [1.165, 1.54) is 17.7 Å². The molecular formula is C21H21FN4O. The fraction of sp³-hybridized carbons (Fsp3) is 0.190. The van der Waals surface area contributed by atoms with Crippen molar-refractivity contribution in [3.8, 4) is 0 Å². The lowest BCUT2D eigenvalue weighted by Gasteiger charge is -2.08. The predicted molar refractivity (Wildman–Crippen MR) is 104 cm³/mol. The summed E-state index contributed by atoms with van der Waals surface area (Å²) >= 11 is 0. The van der Waals surface area contributed by atoms with Gasteiger partial charge in [0.25, 0.3) is 5.91 Å². The number of hydrogen-bond acceptors (Lipinski definition) is 4. The predicted octanol–water partition coefficient (Wildman–Crippen LogP) is 4.09. The Kier molecular flexibility index (Phi) is 6.10. The average Bonchev–Trinajstić information content (AvgIpc) is 2.70. The molecule has 2 aromatic carbocycles. The summed E-state index contributed by atoms with van der Waals surface area (Å²) in [5.74, 6) is -0.160. The van der Waals surface area contributed by atoms with Gasteiger partial charge in [0.1, 0.15) is 11.5 Å². The molecule has 0 saturated carbocycles. The van der Waals surface area contributed by atoms with Gasteiger partial charge in [-0.2, -0.15) is 0 Å². The van der Waals surface area contributed by atoms with Gasteiger partial charge in [-0.05, 0) is 54.3 Å². The Bertz CT molecular complexity index is 895. The lowest BCUT2D eigenvalue weighted by atomic mass is 10.1. The molecule has 27 heavy (non-hydrogen) atoms. The number of aryl methyl sites for hydroxylation is 1. The molecule has 1 aromatic heterocycles. The van der Waals surface area contributed by atoms with Crippen LogP contribution >= 0.6 is 0 Å². The molecule has 1 heterocycles. The van der Waals surface area contributed by atoms with Crippen molar-refractivity contribution >= 4 is 17.5 Å². The van der Waals surface area contributed by atoms with Gasteiger partial charge in [-0.25, -0.2) is 14.4 Å². The maximum atomic E-state index is 12.9. The second-order valence-corrected chi connectivity index (χ2v) is 6.07. The highest BCUT2D eigenvalue weighted by Gasteiger charge is 2.09. The van der Waals surface area contributed by atoms with Crippen molar-refractivity contribution < 1.29 is 9.18 Å². The third-order valence-electron chi connectivity index (χ3n) is 4.12. The van der Waals surface area contributed by atoms with Crippen LogP contribution in [-0.2, 0) is 12.8 Å². The highest BCUT2D eigenvalue weighted by molar-refractivity contribution is 6.02. The normalized spacial score (nSPS) is 10.4. The Labute approximate surface area is 157 Å². The zero-order valence-corrected chi connectivity index (χ0v) is 15.1. The molecule has 0 bridgehead atoms. The van der Waals surface area contributed by atoms with Gasteiger partial charge in [-0.1, -0.05) is 31.2 Å². The van der Waals surface area contributed by atoms with Crippen LogP contribution in [0.25, 0.3) is 0 Å². The number of carbonyl (C=O) groups is 1. The molecule has 5 nitrogen and oxygen atoms in total. The smallest absolute Gasteiger partial charge is 0.274 e. The minimum Gasteiger partial charge on any atom is -0.354 e. The average molecular weight is 364 g/mol. The van der Waals surface area contributed by atoms with E-state index in [0.717, 1.165) is 17.7 Å².